The van der Waals surface area contributed by atoms with E-state index in [0.717, 1.165) is 5.56 Å². The van der Waals surface area contributed by atoms with E-state index in [4.69, 9.17) is 0 Å². The Labute approximate surface area is 151 Å². The van der Waals surface area contributed by atoms with Crippen molar-refractivity contribution in [2.45, 2.75) is 13.5 Å². The monoisotopic (exact) mass is 349 g/mol. The largest absolute Gasteiger partial charge is 0.465 e. The number of aryl methyl sites for hydroxylation is 1. The van der Waals surface area contributed by atoms with Gasteiger partial charge in [0.25, 0.3) is 5.91 Å². The Kier molecular flexibility index (Phi) is 5.12. The van der Waals surface area contributed by atoms with Crippen LogP contribution in [0, 0.1) is 6.92 Å². The van der Waals surface area contributed by atoms with Gasteiger partial charge in [-0.05, 0) is 36.8 Å². The van der Waals surface area contributed by atoms with Crippen molar-refractivity contribution < 1.29 is 14.3 Å². The van der Waals surface area contributed by atoms with Crippen LogP contribution in [-0.2, 0) is 11.3 Å². The van der Waals surface area contributed by atoms with E-state index in [1.807, 2.05) is 25.1 Å². The normalized spacial score (nSPS) is 10.4. The second-order valence-corrected chi connectivity index (χ2v) is 5.94. The number of hydrogen-bond donors (Lipinski definition) is 1. The number of benzene rings is 2. The lowest BCUT2D eigenvalue weighted by atomic mass is 10.1. The quantitative estimate of drug-likeness (QED) is 0.718. The molecule has 26 heavy (non-hydrogen) atoms. The number of aromatic nitrogens is 2. The number of carbonyl (C=O) groups excluding carboxylic acids is 2. The number of rotatable bonds is 5. The number of hydrogen-bond acceptors (Lipinski definition) is 4. The van der Waals surface area contributed by atoms with Gasteiger partial charge in [0.1, 0.15) is 0 Å². The first-order valence-electron chi connectivity index (χ1n) is 8.13. The van der Waals surface area contributed by atoms with Crippen molar-refractivity contribution in [1.29, 1.82) is 0 Å². The van der Waals surface area contributed by atoms with Crippen LogP contribution in [0.25, 0.3) is 0 Å². The van der Waals surface area contributed by atoms with Gasteiger partial charge in [-0.2, -0.15) is 5.10 Å². The molecule has 0 saturated heterocycles. The zero-order valence-electron chi connectivity index (χ0n) is 14.6. The number of anilines is 1. The summed E-state index contributed by atoms with van der Waals surface area (Å²) in [4.78, 5) is 23.7. The highest BCUT2D eigenvalue weighted by Gasteiger charge is 2.10. The van der Waals surface area contributed by atoms with Crippen LogP contribution < -0.4 is 5.32 Å². The number of nitrogens with zero attached hydrogens (tertiary/aromatic N) is 2. The van der Waals surface area contributed by atoms with E-state index in [-0.39, 0.29) is 5.91 Å². The molecular weight excluding hydrogens is 330 g/mol. The molecule has 0 fully saturated rings. The predicted molar refractivity (Wildman–Crippen MR) is 98.2 cm³/mol. The molecular formula is C20H19N3O3. The Balaban J connectivity index is 1.65. The molecule has 1 aromatic heterocycles. The summed E-state index contributed by atoms with van der Waals surface area (Å²) in [6, 6.07) is 14.5. The molecule has 0 unspecified atom stereocenters. The van der Waals surface area contributed by atoms with Crippen LogP contribution in [0.2, 0.25) is 0 Å². The molecule has 6 nitrogen and oxygen atoms in total. The van der Waals surface area contributed by atoms with Crippen molar-refractivity contribution in [3.05, 3.63) is 83.2 Å². The molecule has 0 saturated carbocycles. The molecule has 1 N–H and O–H groups in total. The van der Waals surface area contributed by atoms with Gasteiger partial charge in [0.05, 0.1) is 31.1 Å². The van der Waals surface area contributed by atoms with Gasteiger partial charge in [-0.15, -0.1) is 0 Å². The third-order valence-electron chi connectivity index (χ3n) is 3.89. The lowest BCUT2D eigenvalue weighted by Crippen LogP contribution is -2.12. The Morgan fingerprint density at radius 1 is 1.12 bits per heavy atom. The molecule has 0 aliphatic carbocycles. The minimum atomic E-state index is -0.436. The summed E-state index contributed by atoms with van der Waals surface area (Å²) in [5.41, 5.74) is 3.79. The van der Waals surface area contributed by atoms with E-state index in [1.54, 1.807) is 41.3 Å². The summed E-state index contributed by atoms with van der Waals surface area (Å²) < 4.78 is 6.41. The fourth-order valence-corrected chi connectivity index (χ4v) is 2.59. The molecule has 0 aliphatic rings. The molecule has 3 rings (SSSR count). The number of ether oxygens (including phenoxy) is 1. The summed E-state index contributed by atoms with van der Waals surface area (Å²) in [7, 11) is 1.32. The van der Waals surface area contributed by atoms with Gasteiger partial charge in [-0.1, -0.05) is 29.8 Å². The molecule has 1 amide bonds. The maximum absolute atomic E-state index is 12.3. The summed E-state index contributed by atoms with van der Waals surface area (Å²) in [5, 5.41) is 7.08. The van der Waals surface area contributed by atoms with Crippen molar-refractivity contribution in [3.63, 3.8) is 0 Å². The Bertz CT molecular complexity index is 929. The van der Waals surface area contributed by atoms with E-state index in [1.165, 1.54) is 12.7 Å². The van der Waals surface area contributed by atoms with Crippen LogP contribution in [0.3, 0.4) is 0 Å². The molecule has 132 valence electrons. The molecule has 0 radical (unpaired) electrons. The molecule has 1 heterocycles. The number of nitrogens with one attached hydrogen (secondary N) is 1. The summed E-state index contributed by atoms with van der Waals surface area (Å²) in [6.45, 7) is 2.68. The fourth-order valence-electron chi connectivity index (χ4n) is 2.59. The maximum Gasteiger partial charge on any atom is 0.337 e. The highest BCUT2D eigenvalue weighted by atomic mass is 16.5. The first-order chi connectivity index (χ1) is 12.5. The molecule has 2 aromatic carbocycles. The Hall–Kier alpha value is -3.41. The highest BCUT2D eigenvalue weighted by Crippen LogP contribution is 2.12. The van der Waals surface area contributed by atoms with Crippen molar-refractivity contribution in [1.82, 2.24) is 9.78 Å². The van der Waals surface area contributed by atoms with Crippen LogP contribution in [-0.4, -0.2) is 28.8 Å². The smallest absolute Gasteiger partial charge is 0.337 e. The third kappa shape index (κ3) is 4.16. The summed E-state index contributed by atoms with van der Waals surface area (Å²) in [5.74, 6) is -0.703. The predicted octanol–water partition coefficient (Wildman–Crippen LogP) is 3.28. The number of amides is 1. The average molecular weight is 349 g/mol. The van der Waals surface area contributed by atoms with E-state index >= 15 is 0 Å². The van der Waals surface area contributed by atoms with Crippen LogP contribution in [0.5, 0.6) is 0 Å². The highest BCUT2D eigenvalue weighted by molar-refractivity contribution is 6.04. The third-order valence-corrected chi connectivity index (χ3v) is 3.89. The van der Waals surface area contributed by atoms with Gasteiger partial charge in [0.2, 0.25) is 0 Å². The Morgan fingerprint density at radius 2 is 1.85 bits per heavy atom. The van der Waals surface area contributed by atoms with Gasteiger partial charge in [-0.3, -0.25) is 9.48 Å². The molecule has 0 bridgehead atoms. The number of esters is 1. The number of carbonyl (C=O) groups is 2. The molecule has 6 heteroatoms. The molecule has 3 aromatic rings. The first kappa shape index (κ1) is 17.4. The van der Waals surface area contributed by atoms with Gasteiger partial charge < -0.3 is 10.1 Å². The van der Waals surface area contributed by atoms with Crippen LogP contribution in [0.1, 0.15) is 31.8 Å². The Morgan fingerprint density at radius 3 is 2.54 bits per heavy atom. The van der Waals surface area contributed by atoms with Crippen molar-refractivity contribution in [2.24, 2.45) is 0 Å². The van der Waals surface area contributed by atoms with E-state index in [2.05, 4.69) is 21.2 Å². The lowest BCUT2D eigenvalue weighted by molar-refractivity contribution is 0.0600. The van der Waals surface area contributed by atoms with Gasteiger partial charge in [0, 0.05) is 11.8 Å². The van der Waals surface area contributed by atoms with Crippen molar-refractivity contribution in [3.8, 4) is 0 Å². The minimum absolute atomic E-state index is 0.267. The minimum Gasteiger partial charge on any atom is -0.465 e. The van der Waals surface area contributed by atoms with E-state index < -0.39 is 5.97 Å². The zero-order chi connectivity index (χ0) is 18.5. The molecule has 0 spiro atoms. The SMILES string of the molecule is COC(=O)c1ccc(C(=O)Nc2cnn(Cc3cccc(C)c3)c2)cc1. The van der Waals surface area contributed by atoms with Gasteiger partial charge in [0.15, 0.2) is 0 Å². The first-order valence-corrected chi connectivity index (χ1v) is 8.13. The van der Waals surface area contributed by atoms with Crippen LogP contribution in [0.15, 0.2) is 60.9 Å². The second-order valence-electron chi connectivity index (χ2n) is 5.94. The zero-order valence-corrected chi connectivity index (χ0v) is 14.6. The average Bonchev–Trinajstić information content (AvgIpc) is 3.08. The topological polar surface area (TPSA) is 73.2 Å². The molecule has 0 aliphatic heterocycles. The van der Waals surface area contributed by atoms with Crippen molar-refractivity contribution in [2.75, 3.05) is 12.4 Å². The van der Waals surface area contributed by atoms with E-state index in [9.17, 15) is 9.59 Å². The van der Waals surface area contributed by atoms with Gasteiger partial charge >= 0.3 is 5.97 Å². The van der Waals surface area contributed by atoms with Crippen molar-refractivity contribution >= 4 is 17.6 Å². The van der Waals surface area contributed by atoms with Crippen LogP contribution in [0.4, 0.5) is 5.69 Å². The lowest BCUT2D eigenvalue weighted by Gasteiger charge is -2.04. The molecule has 0 atom stereocenters. The summed E-state index contributed by atoms with van der Waals surface area (Å²) in [6.07, 6.45) is 3.39. The summed E-state index contributed by atoms with van der Waals surface area (Å²) >= 11 is 0. The number of methoxy groups -OCH3 is 1. The second kappa shape index (κ2) is 7.65. The fraction of sp³-hybridized carbons (Fsp3) is 0.150. The van der Waals surface area contributed by atoms with Gasteiger partial charge in [-0.25, -0.2) is 4.79 Å². The maximum atomic E-state index is 12.3. The van der Waals surface area contributed by atoms with E-state index in [0.29, 0.717) is 23.4 Å². The standard InChI is InChI=1S/C20H19N3O3/c1-14-4-3-5-15(10-14)12-23-13-18(11-21-23)22-19(24)16-6-8-17(9-7-16)20(25)26-2/h3-11,13H,12H2,1-2H3,(H,22,24). The van der Waals surface area contributed by atoms with Crippen LogP contribution >= 0.6 is 0 Å².